The van der Waals surface area contributed by atoms with Crippen LogP contribution in [0, 0.1) is 6.92 Å². The Bertz CT molecular complexity index is 429. The van der Waals surface area contributed by atoms with Gasteiger partial charge in [0.25, 0.3) is 0 Å². The van der Waals surface area contributed by atoms with E-state index in [1.54, 1.807) is 0 Å². The molecule has 2 heterocycles. The van der Waals surface area contributed by atoms with E-state index in [1.165, 1.54) is 31.2 Å². The lowest BCUT2D eigenvalue weighted by atomic mass is 10.1. The lowest BCUT2D eigenvalue weighted by Gasteiger charge is -2.23. The Morgan fingerprint density at radius 3 is 2.35 bits per heavy atom. The fourth-order valence-corrected chi connectivity index (χ4v) is 2.44. The molecule has 0 spiro atoms. The van der Waals surface area contributed by atoms with Gasteiger partial charge in [0.2, 0.25) is 5.95 Å². The van der Waals surface area contributed by atoms with E-state index in [4.69, 9.17) is 4.98 Å². The molecule has 0 amide bonds. The second-order valence-electron chi connectivity index (χ2n) is 6.79. The summed E-state index contributed by atoms with van der Waals surface area (Å²) in [5.41, 5.74) is 2.41. The minimum absolute atomic E-state index is 0.121. The fraction of sp³-hybridized carbons (Fsp3) is 0.750. The number of rotatable bonds is 3. The minimum Gasteiger partial charge on any atom is -0.341 e. The SMILES string of the molecule is Cc1nc(N2CCCCCC2)ncc1CNC(C)(C)C. The first kappa shape index (κ1) is 15.2. The third-order valence-corrected chi connectivity index (χ3v) is 3.77. The lowest BCUT2D eigenvalue weighted by molar-refractivity contribution is 0.423. The molecular formula is C16H28N4. The van der Waals surface area contributed by atoms with Crippen LogP contribution >= 0.6 is 0 Å². The number of aryl methyl sites for hydroxylation is 1. The highest BCUT2D eigenvalue weighted by molar-refractivity contribution is 5.33. The number of hydrogen-bond donors (Lipinski definition) is 1. The first-order valence-corrected chi connectivity index (χ1v) is 7.78. The van der Waals surface area contributed by atoms with E-state index in [-0.39, 0.29) is 5.54 Å². The van der Waals surface area contributed by atoms with E-state index < -0.39 is 0 Å². The van der Waals surface area contributed by atoms with Gasteiger partial charge in [-0.2, -0.15) is 0 Å². The molecule has 1 aromatic rings. The average Bonchev–Trinajstić information content (AvgIpc) is 2.65. The van der Waals surface area contributed by atoms with Gasteiger partial charge < -0.3 is 10.2 Å². The van der Waals surface area contributed by atoms with Crippen molar-refractivity contribution in [2.45, 2.75) is 65.5 Å². The van der Waals surface area contributed by atoms with Crippen LogP contribution < -0.4 is 10.2 Å². The Morgan fingerprint density at radius 2 is 1.80 bits per heavy atom. The van der Waals surface area contributed by atoms with Crippen molar-refractivity contribution >= 4 is 5.95 Å². The molecule has 112 valence electrons. The largest absolute Gasteiger partial charge is 0.341 e. The summed E-state index contributed by atoms with van der Waals surface area (Å²) in [5.74, 6) is 0.906. The van der Waals surface area contributed by atoms with Crippen molar-refractivity contribution in [3.63, 3.8) is 0 Å². The Hall–Kier alpha value is -1.16. The zero-order valence-corrected chi connectivity index (χ0v) is 13.4. The molecule has 0 aliphatic carbocycles. The molecule has 0 atom stereocenters. The predicted molar refractivity (Wildman–Crippen MR) is 84.0 cm³/mol. The van der Waals surface area contributed by atoms with Crippen LogP contribution in [0.2, 0.25) is 0 Å². The summed E-state index contributed by atoms with van der Waals surface area (Å²) in [6, 6.07) is 0. The van der Waals surface area contributed by atoms with Gasteiger partial charge in [-0.3, -0.25) is 0 Å². The van der Waals surface area contributed by atoms with Gasteiger partial charge in [0.15, 0.2) is 0 Å². The molecule has 1 aliphatic heterocycles. The van der Waals surface area contributed by atoms with Gasteiger partial charge in [-0.1, -0.05) is 12.8 Å². The summed E-state index contributed by atoms with van der Waals surface area (Å²) in [4.78, 5) is 11.6. The molecule has 1 aliphatic rings. The van der Waals surface area contributed by atoms with Crippen molar-refractivity contribution in [3.05, 3.63) is 17.5 Å². The normalized spacial score (nSPS) is 17.1. The molecular weight excluding hydrogens is 248 g/mol. The fourth-order valence-electron chi connectivity index (χ4n) is 2.44. The van der Waals surface area contributed by atoms with E-state index in [2.05, 4.69) is 42.9 Å². The molecule has 0 bridgehead atoms. The molecule has 0 radical (unpaired) electrons. The van der Waals surface area contributed by atoms with Gasteiger partial charge in [0.1, 0.15) is 0 Å². The quantitative estimate of drug-likeness (QED) is 0.921. The lowest BCUT2D eigenvalue weighted by Crippen LogP contribution is -2.35. The summed E-state index contributed by atoms with van der Waals surface area (Å²) in [7, 11) is 0. The van der Waals surface area contributed by atoms with Gasteiger partial charge in [0, 0.05) is 42.6 Å². The maximum absolute atomic E-state index is 4.71. The van der Waals surface area contributed by atoms with E-state index in [0.29, 0.717) is 0 Å². The molecule has 20 heavy (non-hydrogen) atoms. The topological polar surface area (TPSA) is 41.1 Å². The van der Waals surface area contributed by atoms with Crippen molar-refractivity contribution < 1.29 is 0 Å². The van der Waals surface area contributed by atoms with Crippen LogP contribution in [0.25, 0.3) is 0 Å². The molecule has 0 saturated carbocycles. The number of aromatic nitrogens is 2. The van der Waals surface area contributed by atoms with Crippen molar-refractivity contribution in [1.82, 2.24) is 15.3 Å². The summed E-state index contributed by atoms with van der Waals surface area (Å²) in [5, 5.41) is 3.49. The molecule has 4 heteroatoms. The zero-order valence-electron chi connectivity index (χ0n) is 13.4. The second-order valence-corrected chi connectivity index (χ2v) is 6.79. The van der Waals surface area contributed by atoms with E-state index >= 15 is 0 Å². The Morgan fingerprint density at radius 1 is 1.15 bits per heavy atom. The Kier molecular flexibility index (Phi) is 4.97. The maximum Gasteiger partial charge on any atom is 0.225 e. The van der Waals surface area contributed by atoms with Crippen LogP contribution in [0.5, 0.6) is 0 Å². The predicted octanol–water partition coefficient (Wildman–Crippen LogP) is 3.05. The monoisotopic (exact) mass is 276 g/mol. The van der Waals surface area contributed by atoms with Crippen molar-refractivity contribution in [1.29, 1.82) is 0 Å². The van der Waals surface area contributed by atoms with Crippen LogP contribution in [0.15, 0.2) is 6.20 Å². The first-order chi connectivity index (χ1) is 9.46. The number of hydrogen-bond acceptors (Lipinski definition) is 4. The van der Waals surface area contributed by atoms with Crippen LogP contribution in [-0.2, 0) is 6.54 Å². The molecule has 2 rings (SSSR count). The van der Waals surface area contributed by atoms with Gasteiger partial charge >= 0.3 is 0 Å². The highest BCUT2D eigenvalue weighted by atomic mass is 15.2. The van der Waals surface area contributed by atoms with Crippen LogP contribution in [0.3, 0.4) is 0 Å². The summed E-state index contributed by atoms with van der Waals surface area (Å²) in [6.07, 6.45) is 7.18. The summed E-state index contributed by atoms with van der Waals surface area (Å²) < 4.78 is 0. The molecule has 1 aromatic heterocycles. The van der Waals surface area contributed by atoms with Gasteiger partial charge in [-0.15, -0.1) is 0 Å². The minimum atomic E-state index is 0.121. The van der Waals surface area contributed by atoms with Gasteiger partial charge in [0.05, 0.1) is 0 Å². The summed E-state index contributed by atoms with van der Waals surface area (Å²) >= 11 is 0. The van der Waals surface area contributed by atoms with Crippen LogP contribution in [0.4, 0.5) is 5.95 Å². The molecule has 1 N–H and O–H groups in total. The number of anilines is 1. The molecule has 1 saturated heterocycles. The average molecular weight is 276 g/mol. The number of nitrogens with one attached hydrogen (secondary N) is 1. The molecule has 0 unspecified atom stereocenters. The first-order valence-electron chi connectivity index (χ1n) is 7.78. The van der Waals surface area contributed by atoms with Crippen molar-refractivity contribution in [2.24, 2.45) is 0 Å². The van der Waals surface area contributed by atoms with Crippen molar-refractivity contribution in [3.8, 4) is 0 Å². The molecule has 0 aromatic carbocycles. The van der Waals surface area contributed by atoms with Crippen LogP contribution in [-0.4, -0.2) is 28.6 Å². The Balaban J connectivity index is 2.04. The third kappa shape index (κ3) is 4.44. The highest BCUT2D eigenvalue weighted by Gasteiger charge is 2.14. The van der Waals surface area contributed by atoms with Gasteiger partial charge in [-0.25, -0.2) is 9.97 Å². The van der Waals surface area contributed by atoms with E-state index in [1.807, 2.05) is 6.20 Å². The highest BCUT2D eigenvalue weighted by Crippen LogP contribution is 2.17. The van der Waals surface area contributed by atoms with Crippen molar-refractivity contribution in [2.75, 3.05) is 18.0 Å². The Labute approximate surface area is 123 Å². The molecule has 4 nitrogen and oxygen atoms in total. The van der Waals surface area contributed by atoms with E-state index in [0.717, 1.165) is 31.3 Å². The van der Waals surface area contributed by atoms with Crippen LogP contribution in [0.1, 0.15) is 57.7 Å². The van der Waals surface area contributed by atoms with E-state index in [9.17, 15) is 0 Å². The standard InChI is InChI=1S/C16H28N4/c1-13-14(12-18-16(2,3)4)11-17-15(19-13)20-9-7-5-6-8-10-20/h11,18H,5-10,12H2,1-4H3. The number of nitrogens with zero attached hydrogens (tertiary/aromatic N) is 3. The van der Waals surface area contributed by atoms with Gasteiger partial charge in [-0.05, 0) is 40.5 Å². The third-order valence-electron chi connectivity index (χ3n) is 3.77. The summed E-state index contributed by atoms with van der Waals surface area (Å²) in [6.45, 7) is 11.6. The molecule has 1 fully saturated rings. The smallest absolute Gasteiger partial charge is 0.225 e. The zero-order chi connectivity index (χ0) is 14.6. The maximum atomic E-state index is 4.71. The second kappa shape index (κ2) is 6.53.